The molecule has 2 aromatic carbocycles. The standard InChI is InChI=1S/C20H22N2O3S/c23-13-20(10-12-25-14-20)21-19(24)9-11-22-15-5-1-3-7-17(15)26-18-8-4-2-6-16(18)22/h1-8,23H,9-14H2,(H,21,24). The molecule has 0 saturated carbocycles. The molecule has 0 aliphatic carbocycles. The van der Waals surface area contributed by atoms with Gasteiger partial charge in [0.15, 0.2) is 0 Å². The summed E-state index contributed by atoms with van der Waals surface area (Å²) in [6.45, 7) is 1.44. The predicted octanol–water partition coefficient (Wildman–Crippen LogP) is 2.95. The number of ether oxygens (including phenoxy) is 1. The van der Waals surface area contributed by atoms with Crippen LogP contribution in [0, 0.1) is 0 Å². The van der Waals surface area contributed by atoms with E-state index < -0.39 is 5.54 Å². The molecule has 1 atom stereocenters. The van der Waals surface area contributed by atoms with Gasteiger partial charge in [0.25, 0.3) is 0 Å². The highest BCUT2D eigenvalue weighted by Gasteiger charge is 2.35. The lowest BCUT2D eigenvalue weighted by Gasteiger charge is -2.33. The number of amides is 1. The van der Waals surface area contributed by atoms with E-state index in [1.165, 1.54) is 9.79 Å². The van der Waals surface area contributed by atoms with Crippen molar-refractivity contribution in [1.29, 1.82) is 0 Å². The van der Waals surface area contributed by atoms with Gasteiger partial charge < -0.3 is 20.1 Å². The Kier molecular flexibility index (Phi) is 4.89. The number of rotatable bonds is 5. The van der Waals surface area contributed by atoms with Crippen LogP contribution in [0.2, 0.25) is 0 Å². The predicted molar refractivity (Wildman–Crippen MR) is 102 cm³/mol. The highest BCUT2D eigenvalue weighted by molar-refractivity contribution is 7.99. The third-order valence-corrected chi connectivity index (χ3v) is 6.04. The lowest BCUT2D eigenvalue weighted by molar-refractivity contribution is -0.123. The largest absolute Gasteiger partial charge is 0.394 e. The molecule has 26 heavy (non-hydrogen) atoms. The molecule has 136 valence electrons. The molecule has 6 heteroatoms. The number of aliphatic hydroxyl groups excluding tert-OH is 1. The molecule has 1 saturated heterocycles. The maximum atomic E-state index is 12.5. The van der Waals surface area contributed by atoms with Crippen molar-refractivity contribution in [3.8, 4) is 0 Å². The first-order valence-electron chi connectivity index (χ1n) is 8.84. The van der Waals surface area contributed by atoms with E-state index in [1.54, 1.807) is 11.8 Å². The fourth-order valence-corrected chi connectivity index (χ4v) is 4.56. The number of hydrogen-bond donors (Lipinski definition) is 2. The van der Waals surface area contributed by atoms with Crippen LogP contribution in [-0.4, -0.2) is 42.9 Å². The third-order valence-electron chi connectivity index (χ3n) is 4.91. The zero-order valence-electron chi connectivity index (χ0n) is 14.5. The van der Waals surface area contributed by atoms with Crippen LogP contribution < -0.4 is 10.2 Å². The monoisotopic (exact) mass is 370 g/mol. The minimum Gasteiger partial charge on any atom is -0.394 e. The Morgan fingerprint density at radius 1 is 1.15 bits per heavy atom. The number of hydrogen-bond acceptors (Lipinski definition) is 5. The second-order valence-corrected chi connectivity index (χ2v) is 7.81. The molecule has 1 unspecified atom stereocenters. The number of benzene rings is 2. The minimum absolute atomic E-state index is 0.0576. The van der Waals surface area contributed by atoms with E-state index >= 15 is 0 Å². The first kappa shape index (κ1) is 17.4. The number of nitrogens with one attached hydrogen (secondary N) is 1. The van der Waals surface area contributed by atoms with Gasteiger partial charge in [0.1, 0.15) is 0 Å². The number of para-hydroxylation sites is 2. The summed E-state index contributed by atoms with van der Waals surface area (Å²) in [5.41, 5.74) is 1.64. The van der Waals surface area contributed by atoms with E-state index in [-0.39, 0.29) is 12.5 Å². The van der Waals surface area contributed by atoms with E-state index in [1.807, 2.05) is 24.3 Å². The van der Waals surface area contributed by atoms with Gasteiger partial charge in [-0.3, -0.25) is 4.79 Å². The molecule has 2 aliphatic heterocycles. The molecule has 2 N–H and O–H groups in total. The van der Waals surface area contributed by atoms with Crippen molar-refractivity contribution in [2.24, 2.45) is 0 Å². The smallest absolute Gasteiger partial charge is 0.222 e. The molecule has 2 heterocycles. The maximum Gasteiger partial charge on any atom is 0.222 e. The van der Waals surface area contributed by atoms with Gasteiger partial charge in [-0.25, -0.2) is 0 Å². The Labute approximate surface area is 157 Å². The van der Waals surface area contributed by atoms with Crippen molar-refractivity contribution in [1.82, 2.24) is 5.32 Å². The molecule has 4 rings (SSSR count). The molecule has 2 aliphatic rings. The molecular formula is C20H22N2O3S. The van der Waals surface area contributed by atoms with Gasteiger partial charge in [0, 0.05) is 29.4 Å². The summed E-state index contributed by atoms with van der Waals surface area (Å²) >= 11 is 1.76. The van der Waals surface area contributed by atoms with Crippen LogP contribution in [0.1, 0.15) is 12.8 Å². The summed E-state index contributed by atoms with van der Waals surface area (Å²) in [4.78, 5) is 17.1. The van der Waals surface area contributed by atoms with Crippen molar-refractivity contribution < 1.29 is 14.6 Å². The fourth-order valence-electron chi connectivity index (χ4n) is 3.46. The highest BCUT2D eigenvalue weighted by Crippen LogP contribution is 2.47. The van der Waals surface area contributed by atoms with Gasteiger partial charge in [-0.1, -0.05) is 36.0 Å². The van der Waals surface area contributed by atoms with Gasteiger partial charge >= 0.3 is 0 Å². The zero-order chi connectivity index (χ0) is 18.0. The average Bonchev–Trinajstić information content (AvgIpc) is 3.14. The van der Waals surface area contributed by atoms with Gasteiger partial charge in [0.2, 0.25) is 5.91 Å². The van der Waals surface area contributed by atoms with Crippen molar-refractivity contribution in [2.45, 2.75) is 28.2 Å². The molecule has 2 aromatic rings. The summed E-state index contributed by atoms with van der Waals surface area (Å²) in [6.07, 6.45) is 1.01. The van der Waals surface area contributed by atoms with Crippen LogP contribution in [0.25, 0.3) is 0 Å². The summed E-state index contributed by atoms with van der Waals surface area (Å²) < 4.78 is 5.35. The van der Waals surface area contributed by atoms with E-state index in [0.717, 1.165) is 11.4 Å². The van der Waals surface area contributed by atoms with Gasteiger partial charge in [-0.05, 0) is 30.7 Å². The van der Waals surface area contributed by atoms with E-state index in [4.69, 9.17) is 4.74 Å². The Hall–Kier alpha value is -2.02. The SMILES string of the molecule is O=C(CCN1c2ccccc2Sc2ccccc21)NC1(CO)CCOC1. The van der Waals surface area contributed by atoms with E-state index in [0.29, 0.717) is 32.6 Å². The van der Waals surface area contributed by atoms with Crippen LogP contribution in [-0.2, 0) is 9.53 Å². The van der Waals surface area contributed by atoms with Crippen molar-refractivity contribution in [3.05, 3.63) is 48.5 Å². The molecule has 1 amide bonds. The second kappa shape index (κ2) is 7.31. The maximum absolute atomic E-state index is 12.5. The molecule has 0 aromatic heterocycles. The van der Waals surface area contributed by atoms with Crippen LogP contribution in [0.15, 0.2) is 58.3 Å². The number of anilines is 2. The third kappa shape index (κ3) is 3.32. The first-order valence-corrected chi connectivity index (χ1v) is 9.65. The van der Waals surface area contributed by atoms with Gasteiger partial charge in [0.05, 0.1) is 30.1 Å². The first-order chi connectivity index (χ1) is 12.7. The van der Waals surface area contributed by atoms with E-state index in [9.17, 15) is 9.90 Å². The van der Waals surface area contributed by atoms with Crippen molar-refractivity contribution >= 4 is 29.0 Å². The van der Waals surface area contributed by atoms with Crippen molar-refractivity contribution in [2.75, 3.05) is 31.3 Å². The fraction of sp³-hybridized carbons (Fsp3) is 0.350. The molecule has 0 spiro atoms. The number of carbonyl (C=O) groups excluding carboxylic acids is 1. The second-order valence-electron chi connectivity index (χ2n) is 6.73. The topological polar surface area (TPSA) is 61.8 Å². The Morgan fingerprint density at radius 2 is 1.81 bits per heavy atom. The van der Waals surface area contributed by atoms with Gasteiger partial charge in [-0.15, -0.1) is 0 Å². The summed E-state index contributed by atoms with van der Waals surface area (Å²) in [5, 5.41) is 12.6. The van der Waals surface area contributed by atoms with E-state index in [2.05, 4.69) is 34.5 Å². The number of nitrogens with zero attached hydrogens (tertiary/aromatic N) is 1. The quantitative estimate of drug-likeness (QED) is 0.847. The molecule has 0 bridgehead atoms. The van der Waals surface area contributed by atoms with Crippen LogP contribution in [0.3, 0.4) is 0 Å². The summed E-state index contributed by atoms with van der Waals surface area (Å²) in [7, 11) is 0. The van der Waals surface area contributed by atoms with Gasteiger partial charge in [-0.2, -0.15) is 0 Å². The van der Waals surface area contributed by atoms with Crippen LogP contribution >= 0.6 is 11.8 Å². The molecular weight excluding hydrogens is 348 g/mol. The Bertz CT molecular complexity index is 760. The molecule has 1 fully saturated rings. The minimum atomic E-state index is -0.620. The lowest BCUT2D eigenvalue weighted by atomic mass is 10.00. The zero-order valence-corrected chi connectivity index (χ0v) is 15.3. The number of carbonyl (C=O) groups is 1. The Morgan fingerprint density at radius 3 is 2.38 bits per heavy atom. The van der Waals surface area contributed by atoms with Crippen LogP contribution in [0.4, 0.5) is 11.4 Å². The molecule has 0 radical (unpaired) electrons. The highest BCUT2D eigenvalue weighted by atomic mass is 32.2. The summed E-state index contributed by atoms with van der Waals surface area (Å²) in [5.74, 6) is -0.0576. The summed E-state index contributed by atoms with van der Waals surface area (Å²) in [6, 6.07) is 16.5. The molecule has 5 nitrogen and oxygen atoms in total. The normalized spacial score (nSPS) is 21.2. The number of fused-ring (bicyclic) bond motifs is 2. The van der Waals surface area contributed by atoms with Crippen molar-refractivity contribution in [3.63, 3.8) is 0 Å². The lowest BCUT2D eigenvalue weighted by Crippen LogP contribution is -2.52. The number of aliphatic hydroxyl groups is 1. The Balaban J connectivity index is 1.50. The van der Waals surface area contributed by atoms with Crippen LogP contribution in [0.5, 0.6) is 0 Å². The average molecular weight is 370 g/mol.